The van der Waals surface area contributed by atoms with Crippen LogP contribution in [0, 0.1) is 23.3 Å². The summed E-state index contributed by atoms with van der Waals surface area (Å²) in [4.78, 5) is 6.98. The Morgan fingerprint density at radius 3 is 0.863 bits per heavy atom. The summed E-state index contributed by atoms with van der Waals surface area (Å²) in [6.07, 6.45) is -7.85. The molecule has 2 heterocycles. The molecule has 2 aromatic carbocycles. The normalized spacial score (nSPS) is 14.5. The topological polar surface area (TPSA) is 25.8 Å². The van der Waals surface area contributed by atoms with Crippen molar-refractivity contribution in [1.82, 2.24) is 9.97 Å². The Kier molecular flexibility index (Phi) is 13.3. The van der Waals surface area contributed by atoms with Gasteiger partial charge in [0.1, 0.15) is 23.3 Å². The van der Waals surface area contributed by atoms with Gasteiger partial charge in [-0.1, -0.05) is 0 Å². The van der Waals surface area contributed by atoms with Gasteiger partial charge in [0.05, 0.1) is 22.5 Å². The van der Waals surface area contributed by atoms with Crippen molar-refractivity contribution in [2.45, 2.75) is 12.4 Å². The summed E-state index contributed by atoms with van der Waals surface area (Å²) in [5.74, 6) is -2.87. The molecule has 0 saturated heterocycles. The molecule has 0 atom stereocenters. The van der Waals surface area contributed by atoms with E-state index < -0.39 is 62.4 Å². The van der Waals surface area contributed by atoms with E-state index in [0.717, 1.165) is 60.7 Å². The first-order chi connectivity index (χ1) is 21.7. The molecule has 4 rings (SSSR count). The first kappa shape index (κ1) is 47.7. The van der Waals surface area contributed by atoms with Crippen molar-refractivity contribution < 1.29 is 114 Å². The summed E-state index contributed by atoms with van der Waals surface area (Å²) in [5, 5.41) is 0. The van der Waals surface area contributed by atoms with Gasteiger partial charge in [0, 0.05) is 23.5 Å². The molecule has 0 fully saturated rings. The second kappa shape index (κ2) is 14.3. The average Bonchev–Trinajstić information content (AvgIpc) is 2.87. The Morgan fingerprint density at radius 1 is 0.412 bits per heavy atom. The van der Waals surface area contributed by atoms with Crippen LogP contribution in [0.3, 0.4) is 0 Å². The van der Waals surface area contributed by atoms with Crippen LogP contribution in [0.25, 0.3) is 22.5 Å². The molecule has 0 bridgehead atoms. The number of rotatable bonds is 2. The van der Waals surface area contributed by atoms with E-state index in [-0.39, 0.29) is 42.6 Å². The second-order valence-corrected chi connectivity index (χ2v) is 12.9. The van der Waals surface area contributed by atoms with Gasteiger partial charge in [0.15, 0.2) is 0 Å². The van der Waals surface area contributed by atoms with Crippen molar-refractivity contribution in [3.8, 4) is 22.5 Å². The summed E-state index contributed by atoms with van der Waals surface area (Å²) in [7, 11) is -21.3. The van der Waals surface area contributed by atoms with Gasteiger partial charge < -0.3 is 0 Å². The van der Waals surface area contributed by atoms with E-state index in [2.05, 4.69) is 9.97 Å². The fourth-order valence-corrected chi connectivity index (χ4v) is 2.83. The van der Waals surface area contributed by atoms with Crippen molar-refractivity contribution in [1.29, 1.82) is 0 Å². The van der Waals surface area contributed by atoms with E-state index in [4.69, 9.17) is 0 Å². The minimum absolute atomic E-state index is 0. The Balaban J connectivity index is 0.000000712. The number of hydrogen-bond donors (Lipinski definition) is 0. The zero-order valence-electron chi connectivity index (χ0n) is 23.4. The number of benzene rings is 2. The summed E-state index contributed by atoms with van der Waals surface area (Å²) in [6.45, 7) is 0. The number of aromatic nitrogens is 2. The maximum absolute atomic E-state index is 13.4. The van der Waals surface area contributed by atoms with Crippen LogP contribution in [0.1, 0.15) is 11.1 Å². The molecule has 1 radical (unpaired) electrons. The van der Waals surface area contributed by atoms with E-state index in [0.29, 0.717) is 12.4 Å². The third-order valence-electron chi connectivity index (χ3n) is 4.59. The molecular weight excluding hydrogens is 988 g/mol. The Hall–Kier alpha value is -3.29. The molecule has 0 spiro atoms. The Labute approximate surface area is 282 Å². The minimum Gasteiger partial charge on any atom is -0.256 e. The molecule has 291 valence electrons. The molecule has 51 heavy (non-hydrogen) atoms. The maximum atomic E-state index is 13.4. The first-order valence-corrected chi connectivity index (χ1v) is 15.8. The van der Waals surface area contributed by atoms with Gasteiger partial charge in [-0.05, 0) is 60.7 Å². The predicted molar refractivity (Wildman–Crippen MR) is 136 cm³/mol. The summed E-state index contributed by atoms with van der Waals surface area (Å²) < 4.78 is 245. The molecule has 0 aliphatic carbocycles. The van der Waals surface area contributed by atoms with E-state index in [9.17, 15) is 94.3 Å². The Bertz CT molecular complexity index is 1610. The van der Waals surface area contributed by atoms with Crippen LogP contribution in [0.2, 0.25) is 0 Å². The molecule has 2 nitrogen and oxygen atoms in total. The van der Waals surface area contributed by atoms with Crippen molar-refractivity contribution in [3.63, 3.8) is 0 Å². The van der Waals surface area contributed by atoms with Crippen LogP contribution in [0.15, 0.2) is 73.1 Å². The van der Waals surface area contributed by atoms with Gasteiger partial charge in [-0.15, -0.1) is 0 Å². The SMILES string of the molecule is F[P-](F)(F)(F)(F)F.F[P-](F)(F)(F)(F)F.Fc1ccc(F)c(-c2ccc(C(F)(F)F)cn2)c1.Fc1ccc(F)c(-c2ccc(C(F)(F)F)cn2)c1.[Ir+2]. The van der Waals surface area contributed by atoms with Gasteiger partial charge in [-0.2, -0.15) is 26.3 Å². The fraction of sp³-hybridized carbons (Fsp3) is 0.0833. The number of alkyl halides is 6. The monoisotopic (exact) mass is 1000 g/mol. The number of hydrogen-bond acceptors (Lipinski definition) is 2. The van der Waals surface area contributed by atoms with Crippen molar-refractivity contribution in [3.05, 3.63) is 107 Å². The smallest absolute Gasteiger partial charge is 0.256 e. The van der Waals surface area contributed by atoms with Gasteiger partial charge in [-0.3, -0.25) is 9.97 Å². The Morgan fingerprint density at radius 2 is 0.667 bits per heavy atom. The maximum Gasteiger partial charge on any atom is 2.00 e. The van der Waals surface area contributed by atoms with Gasteiger partial charge in [-0.25, -0.2) is 17.6 Å². The second-order valence-electron chi connectivity index (χ2n) is 9.02. The molecular formula is C24H12F22IrN2P2. The van der Waals surface area contributed by atoms with Crippen molar-refractivity contribution in [2.24, 2.45) is 0 Å². The summed E-state index contributed by atoms with van der Waals surface area (Å²) >= 11 is 0. The molecule has 0 saturated carbocycles. The van der Waals surface area contributed by atoms with Crippen molar-refractivity contribution in [2.75, 3.05) is 0 Å². The van der Waals surface area contributed by atoms with Crippen LogP contribution in [0.5, 0.6) is 0 Å². The summed E-state index contributed by atoms with van der Waals surface area (Å²) in [5.41, 5.74) is -2.35. The quantitative estimate of drug-likeness (QED) is 0.148. The molecule has 4 aromatic rings. The third kappa shape index (κ3) is 23.7. The molecule has 0 N–H and O–H groups in total. The van der Waals surface area contributed by atoms with Crippen LogP contribution in [-0.4, -0.2) is 9.97 Å². The fourth-order valence-electron chi connectivity index (χ4n) is 2.83. The predicted octanol–water partition coefficient (Wildman–Crippen LogP) is 14.9. The number of nitrogens with zero attached hydrogens (tertiary/aromatic N) is 2. The third-order valence-corrected chi connectivity index (χ3v) is 4.59. The minimum atomic E-state index is -10.7. The van der Waals surface area contributed by atoms with Crippen molar-refractivity contribution >= 4 is 15.6 Å². The molecule has 2 aromatic heterocycles. The molecule has 0 aliphatic heterocycles. The number of pyridine rings is 2. The van der Waals surface area contributed by atoms with Gasteiger partial charge in [0.2, 0.25) is 0 Å². The van der Waals surface area contributed by atoms with Crippen LogP contribution in [0.4, 0.5) is 94.3 Å². The van der Waals surface area contributed by atoms with Crippen LogP contribution >= 0.6 is 15.6 Å². The molecule has 27 heteroatoms. The van der Waals surface area contributed by atoms with E-state index in [1.807, 2.05) is 0 Å². The largest absolute Gasteiger partial charge is 2.00 e. The van der Waals surface area contributed by atoms with Crippen LogP contribution < -0.4 is 0 Å². The van der Waals surface area contributed by atoms with E-state index in [1.54, 1.807) is 0 Å². The molecule has 0 amide bonds. The standard InChI is InChI=1S/2C12H6F5N.2F6P.Ir/c2*13-8-2-3-10(14)9(5-8)11-4-1-7(6-18-11)12(15,16)17;2*1-7(2,3,4,5)6;/h2*1-6H;;;/q;;2*-1;+2. The molecule has 0 aliphatic rings. The average molecular weight is 1000 g/mol. The van der Waals surface area contributed by atoms with Gasteiger partial charge >= 0.3 is 98.4 Å². The van der Waals surface area contributed by atoms with E-state index in [1.165, 1.54) is 0 Å². The summed E-state index contributed by atoms with van der Waals surface area (Å²) in [6, 6.07) is 8.93. The molecule has 0 unspecified atom stereocenters. The first-order valence-electron chi connectivity index (χ1n) is 11.8. The zero-order chi connectivity index (χ0) is 39.5. The number of halogens is 22. The zero-order valence-corrected chi connectivity index (χ0v) is 27.5. The van der Waals surface area contributed by atoms with Crippen LogP contribution in [-0.2, 0) is 32.5 Å². The van der Waals surface area contributed by atoms with Gasteiger partial charge in [0.25, 0.3) is 0 Å². The van der Waals surface area contributed by atoms with E-state index >= 15 is 0 Å².